The van der Waals surface area contributed by atoms with Gasteiger partial charge in [0.2, 0.25) is 0 Å². The van der Waals surface area contributed by atoms with E-state index in [-0.39, 0.29) is 17.9 Å². The minimum atomic E-state index is -0.211. The zero-order chi connectivity index (χ0) is 26.5. The second kappa shape index (κ2) is 11.5. The lowest BCUT2D eigenvalue weighted by Crippen LogP contribution is -2.29. The SMILES string of the molecule is COc1cccc([C@@H](C)NC(=O)c2ccc3c(c2)NC(=O)/C3=C\Nc2ccc(CN3CCCCC3)cc2)c1. The van der Waals surface area contributed by atoms with Crippen LogP contribution in [0.3, 0.4) is 0 Å². The van der Waals surface area contributed by atoms with Gasteiger partial charge in [0.1, 0.15) is 5.75 Å². The van der Waals surface area contributed by atoms with Gasteiger partial charge >= 0.3 is 0 Å². The van der Waals surface area contributed by atoms with Crippen molar-refractivity contribution >= 4 is 28.8 Å². The summed E-state index contributed by atoms with van der Waals surface area (Å²) in [5, 5.41) is 9.16. The van der Waals surface area contributed by atoms with Crippen LogP contribution in [0.5, 0.6) is 5.75 Å². The first-order valence-corrected chi connectivity index (χ1v) is 13.2. The highest BCUT2D eigenvalue weighted by Gasteiger charge is 2.25. The molecule has 3 aromatic carbocycles. The Morgan fingerprint density at radius 1 is 1.05 bits per heavy atom. The maximum atomic E-state index is 12.9. The molecule has 0 bridgehead atoms. The molecule has 1 fully saturated rings. The highest BCUT2D eigenvalue weighted by Crippen LogP contribution is 2.33. The Morgan fingerprint density at radius 2 is 1.84 bits per heavy atom. The van der Waals surface area contributed by atoms with Crippen molar-refractivity contribution in [3.8, 4) is 5.75 Å². The zero-order valence-corrected chi connectivity index (χ0v) is 21.9. The third kappa shape index (κ3) is 5.89. The van der Waals surface area contributed by atoms with Gasteiger partial charge in [0.25, 0.3) is 11.8 Å². The number of ether oxygens (including phenoxy) is 1. The first-order chi connectivity index (χ1) is 18.5. The van der Waals surface area contributed by atoms with E-state index in [1.807, 2.05) is 49.4 Å². The van der Waals surface area contributed by atoms with Crippen molar-refractivity contribution in [2.75, 3.05) is 30.8 Å². The third-order valence-electron chi connectivity index (χ3n) is 7.20. The molecular formula is C31H34N4O3. The van der Waals surface area contributed by atoms with Gasteiger partial charge in [-0.15, -0.1) is 0 Å². The molecule has 0 saturated carbocycles. The maximum Gasteiger partial charge on any atom is 0.257 e. The quantitative estimate of drug-likeness (QED) is 0.345. The molecule has 3 N–H and O–H groups in total. The van der Waals surface area contributed by atoms with E-state index in [1.54, 1.807) is 25.4 Å². The summed E-state index contributed by atoms with van der Waals surface area (Å²) in [6.07, 6.45) is 5.63. The van der Waals surface area contributed by atoms with Gasteiger partial charge in [-0.2, -0.15) is 0 Å². The first kappa shape index (κ1) is 25.5. The smallest absolute Gasteiger partial charge is 0.257 e. The van der Waals surface area contributed by atoms with E-state index in [2.05, 4.69) is 33.0 Å². The monoisotopic (exact) mass is 510 g/mol. The predicted octanol–water partition coefficient (Wildman–Crippen LogP) is 5.58. The van der Waals surface area contributed by atoms with Crippen molar-refractivity contribution in [2.45, 2.75) is 38.8 Å². The van der Waals surface area contributed by atoms with Crippen LogP contribution in [0.1, 0.15) is 59.3 Å². The van der Waals surface area contributed by atoms with Gasteiger partial charge in [-0.05, 0) is 80.4 Å². The summed E-state index contributed by atoms with van der Waals surface area (Å²) in [6, 6.07) is 21.0. The van der Waals surface area contributed by atoms with Crippen molar-refractivity contribution in [1.29, 1.82) is 0 Å². The van der Waals surface area contributed by atoms with Crippen LogP contribution in [0.15, 0.2) is 72.9 Å². The molecule has 7 heteroatoms. The number of carbonyl (C=O) groups is 2. The van der Waals surface area contributed by atoms with E-state index in [0.29, 0.717) is 16.8 Å². The number of likely N-dealkylation sites (tertiary alicyclic amines) is 1. The van der Waals surface area contributed by atoms with Gasteiger partial charge in [0, 0.05) is 35.2 Å². The summed E-state index contributed by atoms with van der Waals surface area (Å²) in [4.78, 5) is 28.1. The van der Waals surface area contributed by atoms with Gasteiger partial charge in [-0.3, -0.25) is 14.5 Å². The Bertz CT molecular complexity index is 1340. The second-order valence-corrected chi connectivity index (χ2v) is 9.92. The number of hydrogen-bond acceptors (Lipinski definition) is 5. The van der Waals surface area contributed by atoms with Crippen molar-refractivity contribution in [1.82, 2.24) is 10.2 Å². The molecule has 2 heterocycles. The highest BCUT2D eigenvalue weighted by atomic mass is 16.5. The minimum Gasteiger partial charge on any atom is -0.497 e. The normalized spacial score (nSPS) is 17.0. The molecule has 0 radical (unpaired) electrons. The molecule has 5 rings (SSSR count). The fourth-order valence-electron chi connectivity index (χ4n) is 4.99. The van der Waals surface area contributed by atoms with Crippen LogP contribution in [0.4, 0.5) is 11.4 Å². The molecule has 0 aliphatic carbocycles. The summed E-state index contributed by atoms with van der Waals surface area (Å²) in [5.74, 6) is 0.333. The van der Waals surface area contributed by atoms with Crippen molar-refractivity contribution in [2.24, 2.45) is 0 Å². The van der Waals surface area contributed by atoms with E-state index >= 15 is 0 Å². The predicted molar refractivity (Wildman–Crippen MR) is 151 cm³/mol. The Balaban J connectivity index is 1.23. The van der Waals surface area contributed by atoms with Crippen LogP contribution in [-0.4, -0.2) is 36.9 Å². The first-order valence-electron chi connectivity index (χ1n) is 13.2. The average molecular weight is 511 g/mol. The molecule has 2 aliphatic heterocycles. The Kier molecular flexibility index (Phi) is 7.75. The third-order valence-corrected chi connectivity index (χ3v) is 7.20. The van der Waals surface area contributed by atoms with Crippen molar-refractivity contribution < 1.29 is 14.3 Å². The molecule has 3 aromatic rings. The van der Waals surface area contributed by atoms with Gasteiger partial charge in [-0.25, -0.2) is 0 Å². The number of amides is 2. The fraction of sp³-hybridized carbons (Fsp3) is 0.290. The zero-order valence-electron chi connectivity index (χ0n) is 21.9. The second-order valence-electron chi connectivity index (χ2n) is 9.92. The summed E-state index contributed by atoms with van der Waals surface area (Å²) in [7, 11) is 1.62. The molecular weight excluding hydrogens is 476 g/mol. The standard InChI is InChI=1S/C31H34N4O3/c1-21(23-7-6-8-26(17-23)38-2)33-30(36)24-11-14-27-28(31(37)34-29(27)18-24)19-32-25-12-9-22(10-13-25)20-35-15-4-3-5-16-35/h6-14,17-19,21,32H,3-5,15-16,20H2,1-2H3,(H,33,36)(H,34,37)/b28-19-/t21-/m1/s1. The van der Waals surface area contributed by atoms with E-state index < -0.39 is 0 Å². The van der Waals surface area contributed by atoms with Crippen LogP contribution in [0.2, 0.25) is 0 Å². The van der Waals surface area contributed by atoms with Gasteiger partial charge in [0.05, 0.1) is 18.7 Å². The van der Waals surface area contributed by atoms with Crippen LogP contribution < -0.4 is 20.7 Å². The number of nitrogens with zero attached hydrogens (tertiary/aromatic N) is 1. The topological polar surface area (TPSA) is 82.7 Å². The van der Waals surface area contributed by atoms with Crippen LogP contribution in [-0.2, 0) is 11.3 Å². The van der Waals surface area contributed by atoms with E-state index in [9.17, 15) is 9.59 Å². The molecule has 0 spiro atoms. The largest absolute Gasteiger partial charge is 0.497 e. The number of carbonyl (C=O) groups excluding carboxylic acids is 2. The lowest BCUT2D eigenvalue weighted by atomic mass is 10.0. The number of piperidine rings is 1. The van der Waals surface area contributed by atoms with Crippen molar-refractivity contribution in [3.05, 3.63) is 95.2 Å². The number of methoxy groups -OCH3 is 1. The molecule has 2 aliphatic rings. The summed E-state index contributed by atoms with van der Waals surface area (Å²) >= 11 is 0. The summed E-state index contributed by atoms with van der Waals surface area (Å²) in [5.41, 5.74) is 5.57. The summed E-state index contributed by atoms with van der Waals surface area (Å²) < 4.78 is 5.28. The number of nitrogens with one attached hydrogen (secondary N) is 3. The molecule has 196 valence electrons. The minimum absolute atomic E-state index is 0.198. The molecule has 0 aromatic heterocycles. The van der Waals surface area contributed by atoms with Gasteiger partial charge < -0.3 is 20.7 Å². The molecule has 38 heavy (non-hydrogen) atoms. The number of rotatable bonds is 8. The maximum absolute atomic E-state index is 12.9. The Hall–Kier alpha value is -4.10. The summed E-state index contributed by atoms with van der Waals surface area (Å²) in [6.45, 7) is 5.25. The number of fused-ring (bicyclic) bond motifs is 1. The Labute approximate surface area is 223 Å². The van der Waals surface area contributed by atoms with Crippen LogP contribution >= 0.6 is 0 Å². The lowest BCUT2D eigenvalue weighted by molar-refractivity contribution is -0.110. The average Bonchev–Trinajstić information content (AvgIpc) is 3.27. The number of hydrogen-bond donors (Lipinski definition) is 3. The van der Waals surface area contributed by atoms with Gasteiger partial charge in [0.15, 0.2) is 0 Å². The van der Waals surface area contributed by atoms with E-state index in [0.717, 1.165) is 29.1 Å². The van der Waals surface area contributed by atoms with Crippen LogP contribution in [0.25, 0.3) is 5.57 Å². The fourth-order valence-corrected chi connectivity index (χ4v) is 4.99. The van der Waals surface area contributed by atoms with E-state index in [4.69, 9.17) is 4.74 Å². The molecule has 1 atom stereocenters. The Morgan fingerprint density at radius 3 is 2.61 bits per heavy atom. The van der Waals surface area contributed by atoms with Gasteiger partial charge in [-0.1, -0.05) is 36.8 Å². The molecule has 0 unspecified atom stereocenters. The van der Waals surface area contributed by atoms with Crippen LogP contribution in [0, 0.1) is 0 Å². The van der Waals surface area contributed by atoms with Crippen molar-refractivity contribution in [3.63, 3.8) is 0 Å². The highest BCUT2D eigenvalue weighted by molar-refractivity contribution is 6.32. The number of anilines is 2. The van der Waals surface area contributed by atoms with E-state index in [1.165, 1.54) is 37.9 Å². The number of benzene rings is 3. The molecule has 1 saturated heterocycles. The molecule has 7 nitrogen and oxygen atoms in total. The lowest BCUT2D eigenvalue weighted by Gasteiger charge is -2.26. The molecule has 2 amide bonds.